The van der Waals surface area contributed by atoms with Gasteiger partial charge in [-0.2, -0.15) is 0 Å². The number of nitrogens with one attached hydrogen (secondary N) is 2. The second-order valence-electron chi connectivity index (χ2n) is 8.50. The molecule has 0 aliphatic heterocycles. The van der Waals surface area contributed by atoms with Crippen molar-refractivity contribution in [3.05, 3.63) is 74.9 Å². The van der Waals surface area contributed by atoms with Crippen molar-refractivity contribution < 1.29 is 14.0 Å². The second kappa shape index (κ2) is 10.7. The van der Waals surface area contributed by atoms with E-state index in [1.54, 1.807) is 30.3 Å². The zero-order valence-corrected chi connectivity index (χ0v) is 19.6. The van der Waals surface area contributed by atoms with E-state index in [9.17, 15) is 18.8 Å². The molecule has 2 N–H and O–H groups in total. The van der Waals surface area contributed by atoms with Gasteiger partial charge in [-0.25, -0.2) is 9.37 Å². The Kier molecular flexibility index (Phi) is 7.47. The van der Waals surface area contributed by atoms with Crippen molar-refractivity contribution in [1.29, 1.82) is 0 Å². The van der Waals surface area contributed by atoms with Crippen molar-refractivity contribution in [3.8, 4) is 12.3 Å². The molecule has 35 heavy (non-hydrogen) atoms. The van der Waals surface area contributed by atoms with E-state index in [1.165, 1.54) is 10.8 Å². The molecule has 1 fully saturated rings. The molecule has 1 aliphatic rings. The monoisotopic (exact) mass is 494 g/mol. The first-order valence-corrected chi connectivity index (χ1v) is 11.8. The van der Waals surface area contributed by atoms with Crippen LogP contribution in [0.2, 0.25) is 5.15 Å². The molecule has 2 aromatic heterocycles. The average Bonchev–Trinajstić information content (AvgIpc) is 2.86. The van der Waals surface area contributed by atoms with Gasteiger partial charge in [0.25, 0.3) is 5.91 Å². The van der Waals surface area contributed by atoms with Crippen LogP contribution < -0.4 is 16.1 Å². The zero-order valence-electron chi connectivity index (χ0n) is 18.9. The van der Waals surface area contributed by atoms with Crippen LogP contribution in [0.25, 0.3) is 11.0 Å². The molecule has 7 nitrogen and oxygen atoms in total. The van der Waals surface area contributed by atoms with E-state index >= 15 is 0 Å². The number of amides is 2. The van der Waals surface area contributed by atoms with E-state index < -0.39 is 28.3 Å². The summed E-state index contributed by atoms with van der Waals surface area (Å²) in [4.78, 5) is 43.6. The number of carbonyl (C=O) groups is 2. The van der Waals surface area contributed by atoms with Crippen molar-refractivity contribution in [2.24, 2.45) is 0 Å². The smallest absolute Gasteiger partial charge is 0.257 e. The minimum Gasteiger partial charge on any atom is -0.351 e. The highest BCUT2D eigenvalue weighted by atomic mass is 35.5. The van der Waals surface area contributed by atoms with E-state index in [2.05, 4.69) is 21.5 Å². The van der Waals surface area contributed by atoms with Gasteiger partial charge >= 0.3 is 0 Å². The number of nitrogens with zero attached hydrogens (tertiary/aromatic N) is 2. The summed E-state index contributed by atoms with van der Waals surface area (Å²) in [5.74, 6) is 0.374. The molecule has 1 unspecified atom stereocenters. The predicted molar refractivity (Wildman–Crippen MR) is 131 cm³/mol. The quantitative estimate of drug-likeness (QED) is 0.403. The summed E-state index contributed by atoms with van der Waals surface area (Å²) in [5, 5.41) is 5.16. The van der Waals surface area contributed by atoms with Crippen LogP contribution in [-0.2, 0) is 11.3 Å². The molecule has 2 amide bonds. The second-order valence-corrected chi connectivity index (χ2v) is 8.85. The molecule has 3 aromatic rings. The van der Waals surface area contributed by atoms with Gasteiger partial charge in [-0.05, 0) is 24.5 Å². The lowest BCUT2D eigenvalue weighted by Gasteiger charge is -2.26. The highest BCUT2D eigenvalue weighted by molar-refractivity contribution is 6.29. The maximum Gasteiger partial charge on any atom is 0.257 e. The minimum absolute atomic E-state index is 0.0314. The fourth-order valence-electron chi connectivity index (χ4n) is 4.33. The summed E-state index contributed by atoms with van der Waals surface area (Å²) < 4.78 is 15.5. The number of terminal acetylenes is 1. The number of rotatable bonds is 6. The molecular formula is C26H24ClFN4O3. The maximum atomic E-state index is 14.1. The van der Waals surface area contributed by atoms with Crippen molar-refractivity contribution in [2.45, 2.75) is 50.7 Å². The fraction of sp³-hybridized carbons (Fsp3) is 0.308. The highest BCUT2D eigenvalue weighted by Gasteiger charge is 2.28. The first-order chi connectivity index (χ1) is 16.9. The number of benzene rings is 1. The van der Waals surface area contributed by atoms with Crippen molar-refractivity contribution in [1.82, 2.24) is 20.2 Å². The Labute approximate surface area is 206 Å². The van der Waals surface area contributed by atoms with Crippen molar-refractivity contribution in [3.63, 3.8) is 0 Å². The average molecular weight is 495 g/mol. The summed E-state index contributed by atoms with van der Waals surface area (Å²) in [5.41, 5.74) is -0.403. The Balaban J connectivity index is 1.70. The summed E-state index contributed by atoms with van der Waals surface area (Å²) in [6, 6.07) is 8.71. The lowest BCUT2D eigenvalue weighted by Crippen LogP contribution is -2.45. The highest BCUT2D eigenvalue weighted by Crippen LogP contribution is 2.21. The lowest BCUT2D eigenvalue weighted by molar-refractivity contribution is -0.124. The molecule has 0 bridgehead atoms. The SMILES string of the molecule is C#CCn1cc(C(=O)NC(C(=O)NC2CCCCC2)c2ccccc2)c(=O)c2cc(F)c(Cl)nc21. The van der Waals surface area contributed by atoms with Gasteiger partial charge in [-0.3, -0.25) is 14.4 Å². The third kappa shape index (κ3) is 5.36. The number of pyridine rings is 2. The summed E-state index contributed by atoms with van der Waals surface area (Å²) in [6.07, 6.45) is 11.6. The van der Waals surface area contributed by atoms with Gasteiger partial charge in [0.2, 0.25) is 11.3 Å². The Morgan fingerprint density at radius 3 is 2.63 bits per heavy atom. The molecule has 1 atom stereocenters. The van der Waals surface area contributed by atoms with Gasteiger partial charge in [0.05, 0.1) is 11.9 Å². The number of hydrogen-bond acceptors (Lipinski definition) is 4. The Bertz CT molecular complexity index is 1360. The molecule has 4 rings (SSSR count). The molecule has 1 aliphatic carbocycles. The topological polar surface area (TPSA) is 93.1 Å². The molecule has 0 saturated heterocycles. The van der Waals surface area contributed by atoms with Crippen LogP contribution in [0.4, 0.5) is 4.39 Å². The third-order valence-corrected chi connectivity index (χ3v) is 6.35. The van der Waals surface area contributed by atoms with E-state index in [-0.39, 0.29) is 35.1 Å². The van der Waals surface area contributed by atoms with Gasteiger partial charge in [0.15, 0.2) is 11.0 Å². The largest absolute Gasteiger partial charge is 0.351 e. The fourth-order valence-corrected chi connectivity index (χ4v) is 4.47. The van der Waals surface area contributed by atoms with Crippen LogP contribution >= 0.6 is 11.6 Å². The summed E-state index contributed by atoms with van der Waals surface area (Å²) in [6.45, 7) is -0.0314. The van der Waals surface area contributed by atoms with E-state index in [4.69, 9.17) is 18.0 Å². The standard InChI is InChI=1S/C26H24ClFN4O3/c1-2-13-32-15-19(22(33)18-14-20(28)23(27)31-24(18)32)25(34)30-21(16-9-5-3-6-10-16)26(35)29-17-11-7-4-8-12-17/h1,3,5-6,9-10,14-15,17,21H,4,7-8,11-13H2,(H,29,35)(H,30,34). The van der Waals surface area contributed by atoms with E-state index in [1.807, 2.05) is 0 Å². The first kappa shape index (κ1) is 24.4. The predicted octanol–water partition coefficient (Wildman–Crippen LogP) is 3.74. The van der Waals surface area contributed by atoms with Crippen molar-refractivity contribution in [2.75, 3.05) is 0 Å². The number of fused-ring (bicyclic) bond motifs is 1. The van der Waals surface area contributed by atoms with Crippen LogP contribution in [0, 0.1) is 18.2 Å². The van der Waals surface area contributed by atoms with E-state index in [0.29, 0.717) is 5.56 Å². The van der Waals surface area contributed by atoms with Crippen LogP contribution in [0.1, 0.15) is 54.1 Å². The number of halogens is 2. The van der Waals surface area contributed by atoms with Gasteiger partial charge in [-0.1, -0.05) is 67.1 Å². The Morgan fingerprint density at radius 2 is 1.94 bits per heavy atom. The molecule has 1 saturated carbocycles. The molecule has 9 heteroatoms. The number of carbonyl (C=O) groups excluding carboxylic acids is 2. The zero-order chi connectivity index (χ0) is 24.9. The molecular weight excluding hydrogens is 471 g/mol. The number of aromatic nitrogens is 2. The normalized spacial score (nSPS) is 14.8. The van der Waals surface area contributed by atoms with Crippen LogP contribution in [0.5, 0.6) is 0 Å². The van der Waals surface area contributed by atoms with Crippen LogP contribution in [0.15, 0.2) is 47.4 Å². The first-order valence-electron chi connectivity index (χ1n) is 11.4. The van der Waals surface area contributed by atoms with Crippen LogP contribution in [0.3, 0.4) is 0 Å². The maximum absolute atomic E-state index is 14.1. The Morgan fingerprint density at radius 1 is 1.23 bits per heavy atom. The lowest BCUT2D eigenvalue weighted by atomic mass is 9.95. The summed E-state index contributed by atoms with van der Waals surface area (Å²) >= 11 is 5.79. The summed E-state index contributed by atoms with van der Waals surface area (Å²) in [7, 11) is 0. The van der Waals surface area contributed by atoms with Gasteiger partial charge in [0.1, 0.15) is 17.3 Å². The minimum atomic E-state index is -1.03. The molecule has 0 radical (unpaired) electrons. The number of hydrogen-bond donors (Lipinski definition) is 2. The molecule has 2 heterocycles. The molecule has 0 spiro atoms. The van der Waals surface area contributed by atoms with Gasteiger partial charge in [-0.15, -0.1) is 6.42 Å². The van der Waals surface area contributed by atoms with Gasteiger partial charge < -0.3 is 15.2 Å². The van der Waals surface area contributed by atoms with Crippen molar-refractivity contribution >= 4 is 34.4 Å². The van der Waals surface area contributed by atoms with Gasteiger partial charge in [0, 0.05) is 12.2 Å². The third-order valence-electron chi connectivity index (χ3n) is 6.09. The van der Waals surface area contributed by atoms with Crippen LogP contribution in [-0.4, -0.2) is 27.4 Å². The van der Waals surface area contributed by atoms with E-state index in [0.717, 1.165) is 38.2 Å². The Hall–Kier alpha value is -3.70. The molecule has 1 aromatic carbocycles. The molecule has 180 valence electrons.